The van der Waals surface area contributed by atoms with E-state index in [0.717, 1.165) is 10.2 Å². The molecule has 0 aliphatic carbocycles. The maximum Gasteiger partial charge on any atom is 0.412 e. The predicted molar refractivity (Wildman–Crippen MR) is 96.3 cm³/mol. The van der Waals surface area contributed by atoms with Gasteiger partial charge in [-0.25, -0.2) is 9.78 Å². The minimum atomic E-state index is -0.530. The topological polar surface area (TPSA) is 63.2 Å². The summed E-state index contributed by atoms with van der Waals surface area (Å²) in [5.74, 6) is 0.690. The molecule has 0 spiro atoms. The minimum Gasteiger partial charge on any atom is -0.444 e. The number of rotatable bonds is 3. The van der Waals surface area contributed by atoms with E-state index >= 15 is 0 Å². The third-order valence-electron chi connectivity index (χ3n) is 2.85. The second-order valence-corrected chi connectivity index (χ2v) is 7.00. The van der Waals surface area contributed by atoms with Crippen LogP contribution >= 0.6 is 15.9 Å². The van der Waals surface area contributed by atoms with Gasteiger partial charge in [0.2, 0.25) is 0 Å². The summed E-state index contributed by atoms with van der Waals surface area (Å²) in [6.45, 7) is 7.48. The lowest BCUT2D eigenvalue weighted by Crippen LogP contribution is -2.27. The molecule has 0 aliphatic heterocycles. The molecule has 0 saturated carbocycles. The van der Waals surface area contributed by atoms with Crippen LogP contribution in [0.1, 0.15) is 26.3 Å². The summed E-state index contributed by atoms with van der Waals surface area (Å²) in [4.78, 5) is 16.0. The molecule has 122 valence electrons. The molecule has 0 saturated heterocycles. The molecule has 0 fully saturated rings. The van der Waals surface area contributed by atoms with Crippen LogP contribution in [0.5, 0.6) is 0 Å². The molecule has 2 N–H and O–H groups in total. The number of halogens is 1. The Morgan fingerprint density at radius 3 is 2.43 bits per heavy atom. The molecule has 0 unspecified atom stereocenters. The Labute approximate surface area is 144 Å². The number of amides is 1. The molecule has 1 aromatic heterocycles. The SMILES string of the molecule is Cc1ccc(Nc2ccc(NC(=O)OC(C)(C)C)cn2)cc1Br. The van der Waals surface area contributed by atoms with Crippen molar-refractivity contribution in [2.75, 3.05) is 10.6 Å². The van der Waals surface area contributed by atoms with E-state index in [1.165, 1.54) is 5.56 Å². The number of nitrogens with zero attached hydrogens (tertiary/aromatic N) is 1. The summed E-state index contributed by atoms with van der Waals surface area (Å²) in [6, 6.07) is 9.55. The molecule has 2 rings (SSSR count). The van der Waals surface area contributed by atoms with E-state index in [9.17, 15) is 4.79 Å². The third-order valence-corrected chi connectivity index (χ3v) is 3.71. The van der Waals surface area contributed by atoms with Crippen LogP contribution in [0.3, 0.4) is 0 Å². The van der Waals surface area contributed by atoms with Crippen molar-refractivity contribution in [3.8, 4) is 0 Å². The fourth-order valence-corrected chi connectivity index (χ4v) is 2.16. The van der Waals surface area contributed by atoms with Crippen molar-refractivity contribution in [3.05, 3.63) is 46.6 Å². The van der Waals surface area contributed by atoms with Gasteiger partial charge in [-0.1, -0.05) is 22.0 Å². The summed E-state index contributed by atoms with van der Waals surface area (Å²) < 4.78 is 6.23. The van der Waals surface area contributed by atoms with E-state index in [1.54, 1.807) is 18.3 Å². The normalized spacial score (nSPS) is 11.0. The Morgan fingerprint density at radius 2 is 1.87 bits per heavy atom. The van der Waals surface area contributed by atoms with Crippen LogP contribution in [0.2, 0.25) is 0 Å². The van der Waals surface area contributed by atoms with Gasteiger partial charge in [-0.2, -0.15) is 0 Å². The zero-order valence-corrected chi connectivity index (χ0v) is 15.2. The van der Waals surface area contributed by atoms with Crippen molar-refractivity contribution in [1.82, 2.24) is 4.98 Å². The standard InChI is InChI=1S/C17H20BrN3O2/c1-11-5-6-12(9-14(11)18)20-15-8-7-13(10-19-15)21-16(22)23-17(2,3)4/h5-10H,1-4H3,(H,19,20)(H,21,22). The van der Waals surface area contributed by atoms with Gasteiger partial charge >= 0.3 is 6.09 Å². The third kappa shape index (κ3) is 5.56. The summed E-state index contributed by atoms with van der Waals surface area (Å²) >= 11 is 3.50. The van der Waals surface area contributed by atoms with E-state index in [-0.39, 0.29) is 0 Å². The van der Waals surface area contributed by atoms with Gasteiger partial charge < -0.3 is 10.1 Å². The first-order chi connectivity index (χ1) is 10.7. The Bertz CT molecular complexity index is 694. The first kappa shape index (κ1) is 17.3. The highest BCUT2D eigenvalue weighted by Gasteiger charge is 2.16. The lowest BCUT2D eigenvalue weighted by atomic mass is 10.2. The number of hydrogen-bond donors (Lipinski definition) is 2. The average molecular weight is 378 g/mol. The zero-order chi connectivity index (χ0) is 17.0. The molecule has 0 atom stereocenters. The first-order valence-electron chi connectivity index (χ1n) is 7.22. The van der Waals surface area contributed by atoms with E-state index in [2.05, 4.69) is 31.5 Å². The number of ether oxygens (including phenoxy) is 1. The van der Waals surface area contributed by atoms with Crippen LogP contribution < -0.4 is 10.6 Å². The van der Waals surface area contributed by atoms with Gasteiger partial charge in [0.1, 0.15) is 11.4 Å². The Kier molecular flexibility index (Phi) is 5.26. The van der Waals surface area contributed by atoms with E-state index in [0.29, 0.717) is 11.5 Å². The van der Waals surface area contributed by atoms with Crippen molar-refractivity contribution in [3.63, 3.8) is 0 Å². The summed E-state index contributed by atoms with van der Waals surface area (Å²) in [7, 11) is 0. The fourth-order valence-electron chi connectivity index (χ4n) is 1.78. The molecule has 5 nitrogen and oxygen atoms in total. The molecular weight excluding hydrogens is 358 g/mol. The second-order valence-electron chi connectivity index (χ2n) is 6.15. The van der Waals surface area contributed by atoms with Gasteiger partial charge in [-0.3, -0.25) is 5.32 Å². The lowest BCUT2D eigenvalue weighted by Gasteiger charge is -2.19. The molecule has 1 heterocycles. The number of hydrogen-bond acceptors (Lipinski definition) is 4. The summed E-state index contributed by atoms with van der Waals surface area (Å²) in [5, 5.41) is 5.85. The largest absolute Gasteiger partial charge is 0.444 e. The Balaban J connectivity index is 1.99. The molecule has 0 aliphatic rings. The number of pyridine rings is 1. The highest BCUT2D eigenvalue weighted by molar-refractivity contribution is 9.10. The van der Waals surface area contributed by atoms with Crippen LogP contribution in [-0.4, -0.2) is 16.7 Å². The smallest absolute Gasteiger partial charge is 0.412 e. The van der Waals surface area contributed by atoms with Crippen LogP contribution in [0.4, 0.5) is 22.0 Å². The van der Waals surface area contributed by atoms with Gasteiger partial charge in [0.05, 0.1) is 11.9 Å². The first-order valence-corrected chi connectivity index (χ1v) is 8.01. The number of aromatic nitrogens is 1. The van der Waals surface area contributed by atoms with Crippen LogP contribution in [0.25, 0.3) is 0 Å². The Hall–Kier alpha value is -2.08. The molecule has 1 amide bonds. The Morgan fingerprint density at radius 1 is 1.17 bits per heavy atom. The summed E-state index contributed by atoms with van der Waals surface area (Å²) in [6.07, 6.45) is 1.08. The fraction of sp³-hybridized carbons (Fsp3) is 0.294. The summed E-state index contributed by atoms with van der Waals surface area (Å²) in [5.41, 5.74) is 2.15. The van der Waals surface area contributed by atoms with Gasteiger partial charge in [0.25, 0.3) is 0 Å². The van der Waals surface area contributed by atoms with Crippen molar-refractivity contribution >= 4 is 39.2 Å². The quantitative estimate of drug-likeness (QED) is 0.767. The number of anilines is 3. The molecule has 2 aromatic rings. The number of carbonyl (C=O) groups excluding carboxylic acids is 1. The van der Waals surface area contributed by atoms with Crippen LogP contribution in [-0.2, 0) is 4.74 Å². The van der Waals surface area contributed by atoms with Crippen molar-refractivity contribution in [2.24, 2.45) is 0 Å². The molecular formula is C17H20BrN3O2. The highest BCUT2D eigenvalue weighted by atomic mass is 79.9. The van der Waals surface area contributed by atoms with Crippen molar-refractivity contribution in [2.45, 2.75) is 33.3 Å². The van der Waals surface area contributed by atoms with E-state index < -0.39 is 11.7 Å². The number of benzene rings is 1. The highest BCUT2D eigenvalue weighted by Crippen LogP contribution is 2.23. The maximum atomic E-state index is 11.7. The second kappa shape index (κ2) is 7.00. The average Bonchev–Trinajstić information content (AvgIpc) is 2.43. The van der Waals surface area contributed by atoms with E-state index in [4.69, 9.17) is 4.74 Å². The zero-order valence-electron chi connectivity index (χ0n) is 13.6. The molecule has 0 bridgehead atoms. The molecule has 0 radical (unpaired) electrons. The lowest BCUT2D eigenvalue weighted by molar-refractivity contribution is 0.0636. The molecule has 1 aromatic carbocycles. The van der Waals surface area contributed by atoms with E-state index in [1.807, 2.05) is 45.9 Å². The number of carbonyl (C=O) groups is 1. The maximum absolute atomic E-state index is 11.7. The van der Waals surface area contributed by atoms with Gasteiger partial charge in [0.15, 0.2) is 0 Å². The van der Waals surface area contributed by atoms with Crippen LogP contribution in [0, 0.1) is 6.92 Å². The van der Waals surface area contributed by atoms with Crippen molar-refractivity contribution < 1.29 is 9.53 Å². The van der Waals surface area contributed by atoms with Gasteiger partial charge in [-0.05, 0) is 57.5 Å². The molecule has 23 heavy (non-hydrogen) atoms. The van der Waals surface area contributed by atoms with Gasteiger partial charge in [0, 0.05) is 10.2 Å². The van der Waals surface area contributed by atoms with Crippen molar-refractivity contribution in [1.29, 1.82) is 0 Å². The van der Waals surface area contributed by atoms with Gasteiger partial charge in [-0.15, -0.1) is 0 Å². The monoisotopic (exact) mass is 377 g/mol. The van der Waals surface area contributed by atoms with Crippen LogP contribution in [0.15, 0.2) is 41.0 Å². The minimum absolute atomic E-state index is 0.498. The predicted octanol–water partition coefficient (Wildman–Crippen LogP) is 5.24. The number of aryl methyl sites for hydroxylation is 1. The number of nitrogens with one attached hydrogen (secondary N) is 2. The molecule has 6 heteroatoms.